The van der Waals surface area contributed by atoms with Crippen LogP contribution in [0.4, 0.5) is 5.82 Å². The second-order valence-corrected chi connectivity index (χ2v) is 3.66. The zero-order valence-corrected chi connectivity index (χ0v) is 9.51. The van der Waals surface area contributed by atoms with Crippen molar-refractivity contribution in [3.05, 3.63) is 23.4 Å². The van der Waals surface area contributed by atoms with E-state index in [0.717, 1.165) is 0 Å². The fraction of sp³-hybridized carbons (Fsp3) is 0.400. The van der Waals surface area contributed by atoms with Gasteiger partial charge in [0, 0.05) is 19.5 Å². The van der Waals surface area contributed by atoms with Crippen LogP contribution in [-0.2, 0) is 4.79 Å². The van der Waals surface area contributed by atoms with Crippen LogP contribution in [0.1, 0.15) is 13.3 Å². The van der Waals surface area contributed by atoms with Gasteiger partial charge >= 0.3 is 0 Å². The third-order valence-corrected chi connectivity index (χ3v) is 2.09. The Hall–Kier alpha value is -1.29. The van der Waals surface area contributed by atoms with Gasteiger partial charge in [-0.25, -0.2) is 4.98 Å². The van der Waals surface area contributed by atoms with Crippen LogP contribution in [0, 0.1) is 0 Å². The van der Waals surface area contributed by atoms with E-state index in [4.69, 9.17) is 11.6 Å². The molecule has 0 saturated carbocycles. The first kappa shape index (κ1) is 11.8. The van der Waals surface area contributed by atoms with Crippen LogP contribution in [0.15, 0.2) is 18.2 Å². The molecule has 0 saturated heterocycles. The Balaban J connectivity index is 2.51. The van der Waals surface area contributed by atoms with Crippen molar-refractivity contribution in [1.29, 1.82) is 0 Å². The van der Waals surface area contributed by atoms with E-state index in [-0.39, 0.29) is 11.9 Å². The van der Waals surface area contributed by atoms with Crippen LogP contribution < -0.4 is 10.6 Å². The highest BCUT2D eigenvalue weighted by Crippen LogP contribution is 2.10. The van der Waals surface area contributed by atoms with E-state index in [1.165, 1.54) is 0 Å². The molecule has 0 bridgehead atoms. The molecule has 1 aromatic rings. The molecule has 82 valence electrons. The number of halogens is 1. The number of nitrogens with one attached hydrogen (secondary N) is 2. The Kier molecular flexibility index (Phi) is 4.37. The molecule has 0 fully saturated rings. The first-order valence-corrected chi connectivity index (χ1v) is 5.09. The van der Waals surface area contributed by atoms with Gasteiger partial charge in [-0.05, 0) is 19.1 Å². The molecule has 1 unspecified atom stereocenters. The second kappa shape index (κ2) is 5.56. The molecule has 1 atom stereocenters. The molecular formula is C10H14ClN3O. The summed E-state index contributed by atoms with van der Waals surface area (Å²) in [6.07, 6.45) is 0.407. The third-order valence-electron chi connectivity index (χ3n) is 1.88. The first-order chi connectivity index (χ1) is 7.11. The number of pyridine rings is 1. The van der Waals surface area contributed by atoms with Gasteiger partial charge in [-0.3, -0.25) is 4.79 Å². The van der Waals surface area contributed by atoms with E-state index in [1.54, 1.807) is 13.1 Å². The van der Waals surface area contributed by atoms with Gasteiger partial charge in [0.1, 0.15) is 11.0 Å². The summed E-state index contributed by atoms with van der Waals surface area (Å²) in [7, 11) is 1.62. The largest absolute Gasteiger partial charge is 0.367 e. The average molecular weight is 228 g/mol. The maximum absolute atomic E-state index is 11.1. The summed E-state index contributed by atoms with van der Waals surface area (Å²) >= 11 is 5.73. The molecule has 0 spiro atoms. The Morgan fingerprint density at radius 3 is 2.93 bits per heavy atom. The van der Waals surface area contributed by atoms with Gasteiger partial charge in [0.25, 0.3) is 0 Å². The summed E-state index contributed by atoms with van der Waals surface area (Å²) in [4.78, 5) is 15.2. The smallest absolute Gasteiger partial charge is 0.221 e. The Morgan fingerprint density at radius 1 is 1.60 bits per heavy atom. The van der Waals surface area contributed by atoms with Gasteiger partial charge in [0.2, 0.25) is 5.91 Å². The summed E-state index contributed by atoms with van der Waals surface area (Å²) in [5, 5.41) is 6.10. The van der Waals surface area contributed by atoms with Crippen molar-refractivity contribution < 1.29 is 4.79 Å². The van der Waals surface area contributed by atoms with Crippen molar-refractivity contribution >= 4 is 23.3 Å². The van der Waals surface area contributed by atoms with Crippen LogP contribution in [-0.4, -0.2) is 24.0 Å². The average Bonchev–Trinajstić information content (AvgIpc) is 2.17. The minimum Gasteiger partial charge on any atom is -0.367 e. The van der Waals surface area contributed by atoms with Gasteiger partial charge < -0.3 is 10.6 Å². The minimum atomic E-state index is -0.00275. The van der Waals surface area contributed by atoms with Crippen molar-refractivity contribution in [2.75, 3.05) is 12.4 Å². The van der Waals surface area contributed by atoms with Crippen LogP contribution in [0.3, 0.4) is 0 Å². The SMILES string of the molecule is CNC(=O)CC(C)Nc1cccc(Cl)n1. The standard InChI is InChI=1S/C10H14ClN3O/c1-7(6-10(15)12-2)13-9-5-3-4-8(11)14-9/h3-5,7H,6H2,1-2H3,(H,12,15)(H,13,14). The predicted octanol–water partition coefficient (Wildman–Crippen LogP) is 1.67. The quantitative estimate of drug-likeness (QED) is 0.770. The molecule has 1 amide bonds. The lowest BCUT2D eigenvalue weighted by molar-refractivity contribution is -0.120. The molecule has 0 aliphatic rings. The summed E-state index contributed by atoms with van der Waals surface area (Å²) in [6.45, 7) is 1.91. The third kappa shape index (κ3) is 4.16. The van der Waals surface area contributed by atoms with Gasteiger partial charge in [-0.2, -0.15) is 0 Å². The molecule has 0 radical (unpaired) electrons. The van der Waals surface area contributed by atoms with Crippen LogP contribution >= 0.6 is 11.6 Å². The monoisotopic (exact) mass is 227 g/mol. The Morgan fingerprint density at radius 2 is 2.33 bits per heavy atom. The zero-order valence-electron chi connectivity index (χ0n) is 8.75. The highest BCUT2D eigenvalue weighted by molar-refractivity contribution is 6.29. The molecular weight excluding hydrogens is 214 g/mol. The van der Waals surface area contributed by atoms with Crippen molar-refractivity contribution in [1.82, 2.24) is 10.3 Å². The highest BCUT2D eigenvalue weighted by Gasteiger charge is 2.07. The molecule has 1 rings (SSSR count). The normalized spacial score (nSPS) is 11.9. The van der Waals surface area contributed by atoms with E-state index >= 15 is 0 Å². The topological polar surface area (TPSA) is 54.0 Å². The van der Waals surface area contributed by atoms with E-state index in [9.17, 15) is 4.79 Å². The summed E-state index contributed by atoms with van der Waals surface area (Å²) in [5.41, 5.74) is 0. The number of amides is 1. The van der Waals surface area contributed by atoms with Crippen molar-refractivity contribution in [3.63, 3.8) is 0 Å². The number of carbonyl (C=O) groups is 1. The van der Waals surface area contributed by atoms with Crippen molar-refractivity contribution in [3.8, 4) is 0 Å². The lowest BCUT2D eigenvalue weighted by Gasteiger charge is -2.13. The number of nitrogens with zero attached hydrogens (tertiary/aromatic N) is 1. The van der Waals surface area contributed by atoms with Crippen LogP contribution in [0.5, 0.6) is 0 Å². The summed E-state index contributed by atoms with van der Waals surface area (Å²) in [6, 6.07) is 5.35. The highest BCUT2D eigenvalue weighted by atomic mass is 35.5. The molecule has 1 heterocycles. The van der Waals surface area contributed by atoms with E-state index in [1.807, 2.05) is 19.1 Å². The lowest BCUT2D eigenvalue weighted by atomic mass is 10.2. The number of hydrogen-bond acceptors (Lipinski definition) is 3. The van der Waals surface area contributed by atoms with Gasteiger partial charge in [0.05, 0.1) is 0 Å². The molecule has 5 heteroatoms. The van der Waals surface area contributed by atoms with Gasteiger partial charge in [0.15, 0.2) is 0 Å². The number of hydrogen-bond donors (Lipinski definition) is 2. The Labute approximate surface area is 94.0 Å². The summed E-state index contributed by atoms with van der Waals surface area (Å²) < 4.78 is 0. The fourth-order valence-electron chi connectivity index (χ4n) is 1.17. The fourth-order valence-corrected chi connectivity index (χ4v) is 1.34. The van der Waals surface area contributed by atoms with Gasteiger partial charge in [-0.1, -0.05) is 17.7 Å². The molecule has 0 aliphatic heterocycles. The number of aromatic nitrogens is 1. The second-order valence-electron chi connectivity index (χ2n) is 3.27. The van der Waals surface area contributed by atoms with Gasteiger partial charge in [-0.15, -0.1) is 0 Å². The zero-order chi connectivity index (χ0) is 11.3. The molecule has 4 nitrogen and oxygen atoms in total. The van der Waals surface area contributed by atoms with Crippen molar-refractivity contribution in [2.24, 2.45) is 0 Å². The van der Waals surface area contributed by atoms with E-state index in [2.05, 4.69) is 15.6 Å². The lowest BCUT2D eigenvalue weighted by Crippen LogP contribution is -2.27. The maximum atomic E-state index is 11.1. The number of anilines is 1. The molecule has 0 aromatic carbocycles. The number of carbonyl (C=O) groups excluding carboxylic acids is 1. The Bertz CT molecular complexity index is 343. The molecule has 2 N–H and O–H groups in total. The first-order valence-electron chi connectivity index (χ1n) is 4.71. The number of rotatable bonds is 4. The molecule has 0 aliphatic carbocycles. The molecule has 1 aromatic heterocycles. The van der Waals surface area contributed by atoms with Crippen molar-refractivity contribution in [2.45, 2.75) is 19.4 Å². The molecule has 15 heavy (non-hydrogen) atoms. The van der Waals surface area contributed by atoms with E-state index < -0.39 is 0 Å². The maximum Gasteiger partial charge on any atom is 0.221 e. The minimum absolute atomic E-state index is 0.00275. The predicted molar refractivity (Wildman–Crippen MR) is 61.0 cm³/mol. The van der Waals surface area contributed by atoms with Crippen LogP contribution in [0.25, 0.3) is 0 Å². The van der Waals surface area contributed by atoms with Crippen LogP contribution in [0.2, 0.25) is 5.15 Å². The summed E-state index contributed by atoms with van der Waals surface area (Å²) in [5.74, 6) is 0.677. The van der Waals surface area contributed by atoms with E-state index in [0.29, 0.717) is 17.4 Å².